The van der Waals surface area contributed by atoms with Crippen LogP contribution in [0, 0.1) is 6.92 Å². The van der Waals surface area contributed by atoms with Crippen LogP contribution >= 0.6 is 0 Å². The van der Waals surface area contributed by atoms with Gasteiger partial charge in [0.2, 0.25) is 0 Å². The van der Waals surface area contributed by atoms with E-state index < -0.39 is 0 Å². The Labute approximate surface area is 107 Å². The maximum atomic E-state index is 5.47. The molecule has 1 aromatic carbocycles. The molecule has 0 aliphatic heterocycles. The van der Waals surface area contributed by atoms with Gasteiger partial charge in [0.15, 0.2) is 0 Å². The van der Waals surface area contributed by atoms with Gasteiger partial charge in [-0.25, -0.2) is 4.98 Å². The van der Waals surface area contributed by atoms with Crippen LogP contribution in [0.1, 0.15) is 24.0 Å². The molecule has 2 rings (SSSR count). The predicted molar refractivity (Wildman–Crippen MR) is 71.5 cm³/mol. The fraction of sp³-hybridized carbons (Fsp3) is 0.357. The van der Waals surface area contributed by atoms with Gasteiger partial charge in [0.25, 0.3) is 0 Å². The number of rotatable bonds is 6. The molecule has 1 aromatic heterocycles. The van der Waals surface area contributed by atoms with Gasteiger partial charge in [0, 0.05) is 25.0 Å². The van der Waals surface area contributed by atoms with Crippen LogP contribution < -0.4 is 10.1 Å². The molecule has 0 aliphatic rings. The number of H-pyrrole nitrogens is 1. The maximum absolute atomic E-state index is 5.47. The average Bonchev–Trinajstić information content (AvgIpc) is 2.76. The average molecular weight is 245 g/mol. The molecule has 0 saturated heterocycles. The van der Waals surface area contributed by atoms with Crippen LogP contribution in [0.2, 0.25) is 0 Å². The van der Waals surface area contributed by atoms with E-state index in [0.29, 0.717) is 6.61 Å². The molecule has 1 heterocycles. The largest absolute Gasteiger partial charge is 0.494 e. The summed E-state index contributed by atoms with van der Waals surface area (Å²) in [5.74, 6) is 1.87. The zero-order valence-electron chi connectivity index (χ0n) is 10.9. The van der Waals surface area contributed by atoms with Gasteiger partial charge in [-0.15, -0.1) is 0 Å². The highest BCUT2D eigenvalue weighted by molar-refractivity contribution is 5.28. The SMILES string of the molecule is CCOc1cccc(CNCc2cnc(C)[nH]2)c1. The second-order valence-electron chi connectivity index (χ2n) is 4.18. The van der Waals surface area contributed by atoms with E-state index in [2.05, 4.69) is 27.4 Å². The quantitative estimate of drug-likeness (QED) is 0.821. The number of nitrogens with one attached hydrogen (secondary N) is 2. The number of aromatic amines is 1. The Kier molecular flexibility index (Phi) is 4.36. The molecule has 0 bridgehead atoms. The number of aryl methyl sites for hydroxylation is 1. The minimum Gasteiger partial charge on any atom is -0.494 e. The van der Waals surface area contributed by atoms with Gasteiger partial charge in [-0.3, -0.25) is 0 Å². The predicted octanol–water partition coefficient (Wildman–Crippen LogP) is 2.41. The first-order valence-electron chi connectivity index (χ1n) is 6.21. The summed E-state index contributed by atoms with van der Waals surface area (Å²) in [6.45, 7) is 6.25. The van der Waals surface area contributed by atoms with Crippen molar-refractivity contribution >= 4 is 0 Å². The lowest BCUT2D eigenvalue weighted by molar-refractivity contribution is 0.340. The standard InChI is InChI=1S/C14H19N3O/c1-3-18-14-6-4-5-12(7-14)8-15-9-13-10-16-11(2)17-13/h4-7,10,15H,3,8-9H2,1-2H3,(H,16,17). The molecule has 0 spiro atoms. The zero-order valence-corrected chi connectivity index (χ0v) is 10.9. The number of hydrogen-bond donors (Lipinski definition) is 2. The van der Waals surface area contributed by atoms with Gasteiger partial charge in [-0.05, 0) is 31.5 Å². The van der Waals surface area contributed by atoms with Gasteiger partial charge < -0.3 is 15.0 Å². The van der Waals surface area contributed by atoms with E-state index in [1.165, 1.54) is 5.56 Å². The molecule has 0 radical (unpaired) electrons. The van der Waals surface area contributed by atoms with Crippen molar-refractivity contribution in [1.29, 1.82) is 0 Å². The Morgan fingerprint density at radius 3 is 2.94 bits per heavy atom. The molecule has 0 amide bonds. The normalized spacial score (nSPS) is 10.6. The summed E-state index contributed by atoms with van der Waals surface area (Å²) < 4.78 is 5.47. The minimum atomic E-state index is 0.699. The van der Waals surface area contributed by atoms with Crippen molar-refractivity contribution in [3.05, 3.63) is 47.5 Å². The van der Waals surface area contributed by atoms with E-state index in [1.807, 2.05) is 32.2 Å². The Bertz CT molecular complexity index is 493. The lowest BCUT2D eigenvalue weighted by Gasteiger charge is -2.07. The minimum absolute atomic E-state index is 0.699. The molecule has 0 fully saturated rings. The molecule has 18 heavy (non-hydrogen) atoms. The Morgan fingerprint density at radius 2 is 2.22 bits per heavy atom. The van der Waals surface area contributed by atoms with Gasteiger partial charge >= 0.3 is 0 Å². The third kappa shape index (κ3) is 3.60. The van der Waals surface area contributed by atoms with Crippen molar-refractivity contribution in [3.63, 3.8) is 0 Å². The van der Waals surface area contributed by atoms with Gasteiger partial charge in [0.05, 0.1) is 6.61 Å². The highest BCUT2D eigenvalue weighted by Crippen LogP contribution is 2.13. The summed E-state index contributed by atoms with van der Waals surface area (Å²) in [4.78, 5) is 7.36. The van der Waals surface area contributed by atoms with Crippen molar-refractivity contribution in [1.82, 2.24) is 15.3 Å². The van der Waals surface area contributed by atoms with Crippen LogP contribution in [-0.2, 0) is 13.1 Å². The summed E-state index contributed by atoms with van der Waals surface area (Å²) in [6.07, 6.45) is 1.86. The first-order valence-corrected chi connectivity index (χ1v) is 6.21. The van der Waals surface area contributed by atoms with Crippen molar-refractivity contribution in [3.8, 4) is 5.75 Å². The molecule has 4 nitrogen and oxygen atoms in total. The van der Waals surface area contributed by atoms with E-state index in [4.69, 9.17) is 4.74 Å². The monoisotopic (exact) mass is 245 g/mol. The van der Waals surface area contributed by atoms with Crippen LogP contribution in [0.3, 0.4) is 0 Å². The number of hydrogen-bond acceptors (Lipinski definition) is 3. The highest BCUT2D eigenvalue weighted by Gasteiger charge is 1.98. The number of benzene rings is 1. The lowest BCUT2D eigenvalue weighted by Crippen LogP contribution is -2.13. The molecule has 96 valence electrons. The first-order chi connectivity index (χ1) is 8.78. The third-order valence-electron chi connectivity index (χ3n) is 2.61. The number of aromatic nitrogens is 2. The summed E-state index contributed by atoms with van der Waals surface area (Å²) in [5.41, 5.74) is 2.32. The highest BCUT2D eigenvalue weighted by atomic mass is 16.5. The summed E-state index contributed by atoms with van der Waals surface area (Å²) in [6, 6.07) is 8.15. The summed E-state index contributed by atoms with van der Waals surface area (Å²) in [7, 11) is 0. The number of ether oxygens (including phenoxy) is 1. The van der Waals surface area contributed by atoms with Crippen molar-refractivity contribution in [2.45, 2.75) is 26.9 Å². The molecule has 0 aliphatic carbocycles. The van der Waals surface area contributed by atoms with Gasteiger partial charge in [0.1, 0.15) is 11.6 Å². The molecule has 0 atom stereocenters. The van der Waals surface area contributed by atoms with E-state index in [9.17, 15) is 0 Å². The van der Waals surface area contributed by atoms with Gasteiger partial charge in [-0.1, -0.05) is 12.1 Å². The van der Waals surface area contributed by atoms with Crippen LogP contribution in [0.25, 0.3) is 0 Å². The second-order valence-corrected chi connectivity index (χ2v) is 4.18. The lowest BCUT2D eigenvalue weighted by atomic mass is 10.2. The Hall–Kier alpha value is -1.81. The number of nitrogens with zero attached hydrogens (tertiary/aromatic N) is 1. The zero-order chi connectivity index (χ0) is 12.8. The summed E-state index contributed by atoms with van der Waals surface area (Å²) >= 11 is 0. The topological polar surface area (TPSA) is 49.9 Å². The van der Waals surface area contributed by atoms with Crippen LogP contribution in [0.4, 0.5) is 0 Å². The molecular formula is C14H19N3O. The fourth-order valence-electron chi connectivity index (χ4n) is 1.81. The molecule has 2 N–H and O–H groups in total. The van der Waals surface area contributed by atoms with Crippen molar-refractivity contribution < 1.29 is 4.74 Å². The van der Waals surface area contributed by atoms with Crippen molar-refractivity contribution in [2.24, 2.45) is 0 Å². The fourth-order valence-corrected chi connectivity index (χ4v) is 1.81. The molecule has 0 saturated carbocycles. The maximum Gasteiger partial charge on any atom is 0.119 e. The van der Waals surface area contributed by atoms with Crippen LogP contribution in [-0.4, -0.2) is 16.6 Å². The Morgan fingerprint density at radius 1 is 1.33 bits per heavy atom. The molecular weight excluding hydrogens is 226 g/mol. The van der Waals surface area contributed by atoms with Crippen molar-refractivity contribution in [2.75, 3.05) is 6.61 Å². The van der Waals surface area contributed by atoms with Crippen LogP contribution in [0.15, 0.2) is 30.5 Å². The van der Waals surface area contributed by atoms with E-state index in [-0.39, 0.29) is 0 Å². The summed E-state index contributed by atoms with van der Waals surface area (Å²) in [5, 5.41) is 3.37. The van der Waals surface area contributed by atoms with E-state index in [1.54, 1.807) is 0 Å². The van der Waals surface area contributed by atoms with Gasteiger partial charge in [-0.2, -0.15) is 0 Å². The molecule has 0 unspecified atom stereocenters. The molecule has 2 aromatic rings. The smallest absolute Gasteiger partial charge is 0.119 e. The first kappa shape index (κ1) is 12.6. The Balaban J connectivity index is 1.84. The van der Waals surface area contributed by atoms with E-state index in [0.717, 1.165) is 30.4 Å². The van der Waals surface area contributed by atoms with E-state index >= 15 is 0 Å². The third-order valence-corrected chi connectivity index (χ3v) is 2.61. The number of imidazole rings is 1. The van der Waals surface area contributed by atoms with Crippen LogP contribution in [0.5, 0.6) is 5.75 Å². The second kappa shape index (κ2) is 6.21. The molecule has 4 heteroatoms.